The molecule has 0 aliphatic heterocycles. The minimum atomic E-state index is -3.51. The molecule has 0 unspecified atom stereocenters. The molecule has 9 heteroatoms. The second-order valence-electron chi connectivity index (χ2n) is 7.14. The van der Waals surface area contributed by atoms with Crippen molar-refractivity contribution in [3.8, 4) is 0 Å². The first-order chi connectivity index (χ1) is 14.1. The topological polar surface area (TPSA) is 95.6 Å². The fourth-order valence-corrected chi connectivity index (χ4v) is 3.91. The van der Waals surface area contributed by atoms with Crippen LogP contribution in [0, 0.1) is 0 Å². The van der Waals surface area contributed by atoms with Gasteiger partial charge in [-0.15, -0.1) is 0 Å². The molecule has 0 heterocycles. The Morgan fingerprint density at radius 3 is 2.30 bits per heavy atom. The molecule has 2 rings (SSSR count). The van der Waals surface area contributed by atoms with Gasteiger partial charge in [-0.05, 0) is 56.7 Å². The third-order valence-electron chi connectivity index (χ3n) is 4.15. The van der Waals surface area contributed by atoms with Gasteiger partial charge in [-0.2, -0.15) is 0 Å². The van der Waals surface area contributed by atoms with E-state index in [1.807, 2.05) is 13.8 Å². The van der Waals surface area contributed by atoms with Crippen molar-refractivity contribution < 1.29 is 18.0 Å². The van der Waals surface area contributed by atoms with Crippen LogP contribution in [0.3, 0.4) is 0 Å². The minimum absolute atomic E-state index is 0.0314. The van der Waals surface area contributed by atoms with Crippen LogP contribution in [-0.2, 0) is 14.8 Å². The number of anilines is 2. The highest BCUT2D eigenvalue weighted by molar-refractivity contribution is 7.92. The summed E-state index contributed by atoms with van der Waals surface area (Å²) < 4.78 is 25.5. The van der Waals surface area contributed by atoms with Gasteiger partial charge in [-0.3, -0.25) is 13.9 Å². The van der Waals surface area contributed by atoms with Gasteiger partial charge in [0, 0.05) is 24.0 Å². The molecule has 0 bridgehead atoms. The van der Waals surface area contributed by atoms with Gasteiger partial charge in [0.15, 0.2) is 0 Å². The van der Waals surface area contributed by atoms with Crippen LogP contribution in [0.5, 0.6) is 0 Å². The summed E-state index contributed by atoms with van der Waals surface area (Å²) in [6.45, 7) is 3.85. The molecule has 2 aromatic carbocycles. The van der Waals surface area contributed by atoms with E-state index in [4.69, 9.17) is 11.6 Å². The van der Waals surface area contributed by atoms with E-state index in [1.165, 1.54) is 4.31 Å². The van der Waals surface area contributed by atoms with Crippen LogP contribution in [-0.4, -0.2) is 39.1 Å². The van der Waals surface area contributed by atoms with Gasteiger partial charge < -0.3 is 10.6 Å². The summed E-state index contributed by atoms with van der Waals surface area (Å²) in [5.41, 5.74) is 1.27. The largest absolute Gasteiger partial charge is 0.350 e. The zero-order valence-corrected chi connectivity index (χ0v) is 18.8. The van der Waals surface area contributed by atoms with Crippen molar-refractivity contribution in [1.29, 1.82) is 0 Å². The number of amides is 2. The summed E-state index contributed by atoms with van der Waals surface area (Å²) in [4.78, 5) is 24.7. The Kier molecular flexibility index (Phi) is 8.25. The summed E-state index contributed by atoms with van der Waals surface area (Å²) in [5, 5.41) is 6.04. The van der Waals surface area contributed by atoms with E-state index in [1.54, 1.807) is 48.5 Å². The quantitative estimate of drug-likeness (QED) is 0.608. The van der Waals surface area contributed by atoms with Crippen molar-refractivity contribution in [2.24, 2.45) is 0 Å². The zero-order chi connectivity index (χ0) is 22.3. The predicted molar refractivity (Wildman–Crippen MR) is 121 cm³/mol. The molecule has 0 fully saturated rings. The number of hydrogen-bond acceptors (Lipinski definition) is 4. The maximum absolute atomic E-state index is 12.4. The third-order valence-corrected chi connectivity index (χ3v) is 5.59. The van der Waals surface area contributed by atoms with E-state index in [-0.39, 0.29) is 30.8 Å². The first-order valence-corrected chi connectivity index (χ1v) is 11.7. The van der Waals surface area contributed by atoms with E-state index >= 15 is 0 Å². The highest BCUT2D eigenvalue weighted by atomic mass is 35.5. The number of nitrogens with one attached hydrogen (secondary N) is 2. The number of hydrogen-bond donors (Lipinski definition) is 2. The highest BCUT2D eigenvalue weighted by Gasteiger charge is 2.18. The van der Waals surface area contributed by atoms with E-state index < -0.39 is 10.0 Å². The van der Waals surface area contributed by atoms with E-state index in [0.717, 1.165) is 6.26 Å². The van der Waals surface area contributed by atoms with Crippen LogP contribution in [0.1, 0.15) is 37.0 Å². The van der Waals surface area contributed by atoms with Crippen LogP contribution in [0.4, 0.5) is 11.4 Å². The number of carbonyl (C=O) groups excluding carboxylic acids is 2. The lowest BCUT2D eigenvalue weighted by atomic mass is 10.1. The van der Waals surface area contributed by atoms with Crippen molar-refractivity contribution in [1.82, 2.24) is 5.32 Å². The molecule has 7 nitrogen and oxygen atoms in total. The minimum Gasteiger partial charge on any atom is -0.350 e. The van der Waals surface area contributed by atoms with E-state index in [9.17, 15) is 18.0 Å². The number of rotatable bonds is 9. The van der Waals surface area contributed by atoms with Gasteiger partial charge in [0.1, 0.15) is 0 Å². The highest BCUT2D eigenvalue weighted by Crippen LogP contribution is 2.21. The second-order valence-corrected chi connectivity index (χ2v) is 9.48. The molecule has 2 N–H and O–H groups in total. The molecule has 0 aromatic heterocycles. The molecule has 0 aliphatic rings. The maximum Gasteiger partial charge on any atom is 0.253 e. The fraction of sp³-hybridized carbons (Fsp3) is 0.333. The predicted octanol–water partition coefficient (Wildman–Crippen LogP) is 3.66. The third kappa shape index (κ3) is 7.03. The molecule has 2 aromatic rings. The average molecular weight is 452 g/mol. The van der Waals surface area contributed by atoms with E-state index in [0.29, 0.717) is 28.4 Å². The number of carbonyl (C=O) groups is 2. The van der Waals surface area contributed by atoms with Crippen molar-refractivity contribution >= 4 is 44.8 Å². The van der Waals surface area contributed by atoms with Crippen molar-refractivity contribution in [2.75, 3.05) is 22.4 Å². The summed E-state index contributed by atoms with van der Waals surface area (Å²) in [5.74, 6) is -0.573. The lowest BCUT2D eigenvalue weighted by Crippen LogP contribution is -2.32. The van der Waals surface area contributed by atoms with Crippen LogP contribution in [0.2, 0.25) is 5.02 Å². The lowest BCUT2D eigenvalue weighted by molar-refractivity contribution is -0.116. The summed E-state index contributed by atoms with van der Waals surface area (Å²) in [6.07, 6.45) is 1.52. The number of sulfonamides is 1. The first kappa shape index (κ1) is 23.7. The molecule has 0 aliphatic carbocycles. The molecule has 0 radical (unpaired) electrons. The number of halogens is 1. The molecular weight excluding hydrogens is 426 g/mol. The molecule has 0 atom stereocenters. The van der Waals surface area contributed by atoms with Gasteiger partial charge in [-0.25, -0.2) is 8.42 Å². The Morgan fingerprint density at radius 2 is 1.70 bits per heavy atom. The van der Waals surface area contributed by atoms with Crippen molar-refractivity contribution in [3.05, 3.63) is 59.1 Å². The van der Waals surface area contributed by atoms with Crippen molar-refractivity contribution in [2.45, 2.75) is 32.7 Å². The normalized spacial score (nSPS) is 11.2. The van der Waals surface area contributed by atoms with Crippen LogP contribution in [0.15, 0.2) is 48.5 Å². The second kappa shape index (κ2) is 10.4. The first-order valence-electron chi connectivity index (χ1n) is 9.51. The monoisotopic (exact) mass is 451 g/mol. The zero-order valence-electron chi connectivity index (χ0n) is 17.2. The average Bonchev–Trinajstić information content (AvgIpc) is 2.65. The Bertz CT molecular complexity index is 992. The Labute approximate surface area is 182 Å². The van der Waals surface area contributed by atoms with Gasteiger partial charge >= 0.3 is 0 Å². The number of para-hydroxylation sites is 1. The maximum atomic E-state index is 12.4. The molecule has 0 saturated carbocycles. The SMILES string of the molecule is CC(C)NC(=O)c1ccccc1NC(=O)CCCN(c1ccc(Cl)cc1)S(C)(=O)=O. The lowest BCUT2D eigenvalue weighted by Gasteiger charge is -2.22. The Morgan fingerprint density at radius 1 is 1.07 bits per heavy atom. The molecule has 162 valence electrons. The fourth-order valence-electron chi connectivity index (χ4n) is 2.82. The summed E-state index contributed by atoms with van der Waals surface area (Å²) >= 11 is 5.87. The molecule has 30 heavy (non-hydrogen) atoms. The van der Waals surface area contributed by atoms with Crippen molar-refractivity contribution in [3.63, 3.8) is 0 Å². The molecular formula is C21H26ClN3O4S. The van der Waals surface area contributed by atoms with Gasteiger partial charge in [0.2, 0.25) is 15.9 Å². The smallest absolute Gasteiger partial charge is 0.253 e. The molecule has 0 spiro atoms. The number of benzene rings is 2. The van der Waals surface area contributed by atoms with Gasteiger partial charge in [0.25, 0.3) is 5.91 Å². The summed E-state index contributed by atoms with van der Waals surface area (Å²) in [7, 11) is -3.51. The molecule has 0 saturated heterocycles. The van der Waals surface area contributed by atoms with Gasteiger partial charge in [-0.1, -0.05) is 23.7 Å². The summed E-state index contributed by atoms with van der Waals surface area (Å²) in [6, 6.07) is 13.2. The van der Waals surface area contributed by atoms with Crippen LogP contribution in [0.25, 0.3) is 0 Å². The molecule has 2 amide bonds. The van der Waals surface area contributed by atoms with E-state index in [2.05, 4.69) is 10.6 Å². The Hall–Kier alpha value is -2.58. The van der Waals surface area contributed by atoms with Crippen LogP contribution < -0.4 is 14.9 Å². The van der Waals surface area contributed by atoms with Crippen LogP contribution >= 0.6 is 11.6 Å². The Balaban J connectivity index is 2.00. The van der Waals surface area contributed by atoms with Gasteiger partial charge in [0.05, 0.1) is 23.2 Å². The number of nitrogens with zero attached hydrogens (tertiary/aromatic N) is 1. The standard InChI is InChI=1S/C21H26ClN3O4S/c1-15(2)23-21(27)18-7-4-5-8-19(18)24-20(26)9-6-14-25(30(3,28)29)17-12-10-16(22)11-13-17/h4-5,7-8,10-13,15H,6,9,14H2,1-3H3,(H,23,27)(H,24,26).